The van der Waals surface area contributed by atoms with Crippen molar-refractivity contribution in [1.82, 2.24) is 14.9 Å². The molecule has 0 saturated carbocycles. The van der Waals surface area contributed by atoms with E-state index in [1.807, 2.05) is 18.7 Å². The first kappa shape index (κ1) is 14.6. The summed E-state index contributed by atoms with van der Waals surface area (Å²) >= 11 is 2.05. The largest absolute Gasteiger partial charge is 0.353 e. The molecule has 1 aromatic rings. The predicted molar refractivity (Wildman–Crippen MR) is 83.1 cm³/mol. The van der Waals surface area contributed by atoms with Gasteiger partial charge < -0.3 is 5.32 Å². The Morgan fingerprint density at radius 2 is 2.05 bits per heavy atom. The lowest BCUT2D eigenvalue weighted by Crippen LogP contribution is -2.36. The Balaban J connectivity index is 1.84. The van der Waals surface area contributed by atoms with Crippen molar-refractivity contribution in [3.8, 4) is 0 Å². The molecule has 4 nitrogen and oxygen atoms in total. The molecular weight excluding hydrogens is 256 g/mol. The van der Waals surface area contributed by atoms with Crippen LogP contribution in [0.3, 0.4) is 0 Å². The second-order valence-electron chi connectivity index (χ2n) is 5.29. The van der Waals surface area contributed by atoms with Crippen molar-refractivity contribution in [2.24, 2.45) is 0 Å². The maximum atomic E-state index is 4.57. The molecule has 0 spiro atoms. The summed E-state index contributed by atoms with van der Waals surface area (Å²) in [5.41, 5.74) is 2.15. The van der Waals surface area contributed by atoms with Gasteiger partial charge in [0.25, 0.3) is 0 Å². The summed E-state index contributed by atoms with van der Waals surface area (Å²) < 4.78 is 0. The topological polar surface area (TPSA) is 41.1 Å². The van der Waals surface area contributed by atoms with Gasteiger partial charge in [0.2, 0.25) is 5.95 Å². The molecule has 0 amide bonds. The number of hydrogen-bond acceptors (Lipinski definition) is 5. The van der Waals surface area contributed by atoms with Crippen LogP contribution in [-0.4, -0.2) is 52.6 Å². The lowest BCUT2D eigenvalue weighted by atomic mass is 10.1. The van der Waals surface area contributed by atoms with Crippen molar-refractivity contribution in [2.75, 3.05) is 43.0 Å². The van der Waals surface area contributed by atoms with Crippen LogP contribution in [0.25, 0.3) is 0 Å². The molecule has 0 unspecified atom stereocenters. The van der Waals surface area contributed by atoms with Crippen molar-refractivity contribution < 1.29 is 0 Å². The molecule has 106 valence electrons. The number of thioether (sulfide) groups is 1. The second-order valence-corrected chi connectivity index (χ2v) is 6.52. The second kappa shape index (κ2) is 7.10. The van der Waals surface area contributed by atoms with E-state index in [4.69, 9.17) is 0 Å². The Hall–Kier alpha value is -0.810. The summed E-state index contributed by atoms with van der Waals surface area (Å²) in [6, 6.07) is 2.07. The molecule has 0 atom stereocenters. The molecule has 19 heavy (non-hydrogen) atoms. The van der Waals surface area contributed by atoms with Crippen LogP contribution < -0.4 is 5.32 Å². The molecule has 0 aromatic carbocycles. The third-order valence-corrected chi connectivity index (χ3v) is 4.22. The molecule has 1 aromatic heterocycles. The SMILES string of the molecule is Cc1cc(C(C)C)nc(NCCN2CCSCC2)n1. The first-order valence-electron chi connectivity index (χ1n) is 7.04. The molecule has 2 heterocycles. The van der Waals surface area contributed by atoms with Gasteiger partial charge >= 0.3 is 0 Å². The van der Waals surface area contributed by atoms with E-state index in [2.05, 4.69) is 40.1 Å². The van der Waals surface area contributed by atoms with Crippen molar-refractivity contribution in [2.45, 2.75) is 26.7 Å². The molecule has 1 aliphatic rings. The van der Waals surface area contributed by atoms with Gasteiger partial charge in [-0.25, -0.2) is 9.97 Å². The van der Waals surface area contributed by atoms with E-state index in [-0.39, 0.29) is 0 Å². The normalized spacial score (nSPS) is 16.8. The highest BCUT2D eigenvalue weighted by Gasteiger charge is 2.10. The van der Waals surface area contributed by atoms with E-state index in [9.17, 15) is 0 Å². The monoisotopic (exact) mass is 280 g/mol. The summed E-state index contributed by atoms with van der Waals surface area (Å²) in [5.74, 6) is 3.74. The average molecular weight is 280 g/mol. The predicted octanol–water partition coefficient (Wildman–Crippen LogP) is 2.37. The molecule has 0 bridgehead atoms. The van der Waals surface area contributed by atoms with E-state index < -0.39 is 0 Å². The van der Waals surface area contributed by atoms with E-state index >= 15 is 0 Å². The molecule has 5 heteroatoms. The Bertz CT molecular complexity index is 402. The highest BCUT2D eigenvalue weighted by Crippen LogP contribution is 2.14. The van der Waals surface area contributed by atoms with Gasteiger partial charge in [-0.05, 0) is 18.9 Å². The summed E-state index contributed by atoms with van der Waals surface area (Å²) in [4.78, 5) is 11.5. The lowest BCUT2D eigenvalue weighted by molar-refractivity contribution is 0.314. The quantitative estimate of drug-likeness (QED) is 0.897. The standard InChI is InChI=1S/C14H24N4S/c1-11(2)13-10-12(3)16-14(17-13)15-4-5-18-6-8-19-9-7-18/h10-11H,4-9H2,1-3H3,(H,15,16,17). The third-order valence-electron chi connectivity index (χ3n) is 3.28. The zero-order chi connectivity index (χ0) is 13.7. The van der Waals surface area contributed by atoms with Gasteiger partial charge in [-0.3, -0.25) is 4.90 Å². The fourth-order valence-corrected chi connectivity index (χ4v) is 3.10. The number of aromatic nitrogens is 2. The van der Waals surface area contributed by atoms with Crippen molar-refractivity contribution in [1.29, 1.82) is 0 Å². The van der Waals surface area contributed by atoms with Crippen LogP contribution in [0.1, 0.15) is 31.2 Å². The highest BCUT2D eigenvalue weighted by atomic mass is 32.2. The smallest absolute Gasteiger partial charge is 0.223 e. The molecule has 0 aliphatic carbocycles. The van der Waals surface area contributed by atoms with Crippen molar-refractivity contribution in [3.63, 3.8) is 0 Å². The number of anilines is 1. The van der Waals surface area contributed by atoms with Gasteiger partial charge in [0.1, 0.15) is 0 Å². The average Bonchev–Trinajstić information content (AvgIpc) is 2.39. The summed E-state index contributed by atoms with van der Waals surface area (Å²) in [5, 5.41) is 3.36. The van der Waals surface area contributed by atoms with Gasteiger partial charge in [-0.1, -0.05) is 13.8 Å². The Morgan fingerprint density at radius 1 is 1.32 bits per heavy atom. The fourth-order valence-electron chi connectivity index (χ4n) is 2.12. The van der Waals surface area contributed by atoms with Crippen LogP contribution in [0.15, 0.2) is 6.07 Å². The number of rotatable bonds is 5. The van der Waals surface area contributed by atoms with Gasteiger partial charge in [-0.15, -0.1) is 0 Å². The van der Waals surface area contributed by atoms with Crippen LogP contribution in [0.2, 0.25) is 0 Å². The highest BCUT2D eigenvalue weighted by molar-refractivity contribution is 7.99. The summed E-state index contributed by atoms with van der Waals surface area (Å²) in [7, 11) is 0. The number of aryl methyl sites for hydroxylation is 1. The van der Waals surface area contributed by atoms with Crippen LogP contribution in [0.4, 0.5) is 5.95 Å². The fraction of sp³-hybridized carbons (Fsp3) is 0.714. The minimum atomic E-state index is 0.446. The van der Waals surface area contributed by atoms with E-state index in [1.54, 1.807) is 0 Å². The maximum absolute atomic E-state index is 4.57. The zero-order valence-electron chi connectivity index (χ0n) is 12.1. The maximum Gasteiger partial charge on any atom is 0.223 e. The molecule has 1 aliphatic heterocycles. The molecular formula is C14H24N4S. The molecule has 0 radical (unpaired) electrons. The first-order chi connectivity index (χ1) is 9.15. The van der Waals surface area contributed by atoms with Gasteiger partial charge in [0.15, 0.2) is 0 Å². The van der Waals surface area contributed by atoms with Gasteiger partial charge in [-0.2, -0.15) is 11.8 Å². The van der Waals surface area contributed by atoms with Crippen LogP contribution in [-0.2, 0) is 0 Å². The van der Waals surface area contributed by atoms with Crippen LogP contribution >= 0.6 is 11.8 Å². The summed E-state index contributed by atoms with van der Waals surface area (Å²) in [6.07, 6.45) is 0. The zero-order valence-corrected chi connectivity index (χ0v) is 13.0. The lowest BCUT2D eigenvalue weighted by Gasteiger charge is -2.26. The minimum absolute atomic E-state index is 0.446. The third kappa shape index (κ3) is 4.66. The Labute approximate surface area is 120 Å². The number of nitrogens with zero attached hydrogens (tertiary/aromatic N) is 3. The van der Waals surface area contributed by atoms with E-state index in [0.29, 0.717) is 5.92 Å². The van der Waals surface area contributed by atoms with Gasteiger partial charge in [0, 0.05) is 49.1 Å². The van der Waals surface area contributed by atoms with Gasteiger partial charge in [0.05, 0.1) is 0 Å². The summed E-state index contributed by atoms with van der Waals surface area (Å²) in [6.45, 7) is 10.8. The van der Waals surface area contributed by atoms with Crippen LogP contribution in [0.5, 0.6) is 0 Å². The molecule has 2 rings (SSSR count). The van der Waals surface area contributed by atoms with Crippen molar-refractivity contribution in [3.05, 3.63) is 17.5 Å². The molecule has 1 saturated heterocycles. The number of nitrogens with one attached hydrogen (secondary N) is 1. The van der Waals surface area contributed by atoms with E-state index in [1.165, 1.54) is 24.6 Å². The van der Waals surface area contributed by atoms with E-state index in [0.717, 1.165) is 30.4 Å². The Morgan fingerprint density at radius 3 is 2.74 bits per heavy atom. The van der Waals surface area contributed by atoms with Crippen LogP contribution in [0, 0.1) is 6.92 Å². The molecule has 1 N–H and O–H groups in total. The minimum Gasteiger partial charge on any atom is -0.353 e. The molecule has 1 fully saturated rings. The number of hydrogen-bond donors (Lipinski definition) is 1. The Kier molecular flexibility index (Phi) is 5.45. The van der Waals surface area contributed by atoms with Crippen molar-refractivity contribution >= 4 is 17.7 Å². The first-order valence-corrected chi connectivity index (χ1v) is 8.20.